The molecule has 3 rings (SSSR count). The van der Waals surface area contributed by atoms with Crippen molar-refractivity contribution in [2.45, 2.75) is 31.9 Å². The number of carbonyl (C=O) groups excluding carboxylic acids is 2. The molecule has 2 aromatic rings. The number of amides is 3. The summed E-state index contributed by atoms with van der Waals surface area (Å²) in [4.78, 5) is 25.8. The number of aliphatic hydroxyl groups is 1. The number of para-hydroxylation sites is 1. The first-order valence-corrected chi connectivity index (χ1v) is 9.16. The van der Waals surface area contributed by atoms with Crippen molar-refractivity contribution in [3.63, 3.8) is 0 Å². The fraction of sp³-hybridized carbons (Fsp3) is 0.389. The lowest BCUT2D eigenvalue weighted by Gasteiger charge is -2.33. The van der Waals surface area contributed by atoms with E-state index in [4.69, 9.17) is 11.6 Å². The minimum absolute atomic E-state index is 0.0636. The van der Waals surface area contributed by atoms with E-state index in [-0.39, 0.29) is 11.9 Å². The second kappa shape index (κ2) is 8.41. The highest BCUT2D eigenvalue weighted by Gasteiger charge is 2.27. The second-order valence-corrected chi connectivity index (χ2v) is 6.86. The summed E-state index contributed by atoms with van der Waals surface area (Å²) in [5, 5.41) is 19.7. The zero-order chi connectivity index (χ0) is 19.4. The molecule has 3 N–H and O–H groups in total. The van der Waals surface area contributed by atoms with Gasteiger partial charge in [-0.3, -0.25) is 10.1 Å². The van der Waals surface area contributed by atoms with Gasteiger partial charge in [-0.2, -0.15) is 5.10 Å². The molecular weight excluding hydrogens is 370 g/mol. The lowest BCUT2D eigenvalue weighted by molar-refractivity contribution is -0.140. The molecule has 1 unspecified atom stereocenters. The molecule has 8 nitrogen and oxygen atoms in total. The summed E-state index contributed by atoms with van der Waals surface area (Å²) in [6, 6.07) is 8.36. The van der Waals surface area contributed by atoms with E-state index in [2.05, 4.69) is 15.7 Å². The maximum Gasteiger partial charge on any atom is 0.324 e. The molecule has 1 aliphatic heterocycles. The third-order valence-corrected chi connectivity index (χ3v) is 4.84. The highest BCUT2D eigenvalue weighted by atomic mass is 35.5. The Hall–Kier alpha value is -2.58. The van der Waals surface area contributed by atoms with Crippen molar-refractivity contribution in [3.8, 4) is 0 Å². The SMILES string of the molecule is CC(O)C(=O)N1CCC(n2nccc2NC(=O)Nc2ccccc2Cl)CC1. The average molecular weight is 392 g/mol. The predicted octanol–water partition coefficient (Wildman–Crippen LogP) is 2.72. The standard InChI is InChI=1S/C18H22ClN5O3/c1-12(25)17(26)23-10-7-13(8-11-23)24-16(6-9-20-24)22-18(27)21-15-5-3-2-4-14(15)19/h2-6,9,12-13,25H,7-8,10-11H2,1H3,(H2,21,22,27). The van der Waals surface area contributed by atoms with E-state index >= 15 is 0 Å². The van der Waals surface area contributed by atoms with Gasteiger partial charge in [0.2, 0.25) is 0 Å². The molecule has 1 aromatic carbocycles. The molecule has 1 atom stereocenters. The number of benzene rings is 1. The van der Waals surface area contributed by atoms with Gasteiger partial charge in [0, 0.05) is 19.2 Å². The van der Waals surface area contributed by atoms with E-state index in [9.17, 15) is 14.7 Å². The Morgan fingerprint density at radius 2 is 1.93 bits per heavy atom. The number of halogens is 1. The van der Waals surface area contributed by atoms with E-state index in [1.54, 1.807) is 46.1 Å². The monoisotopic (exact) mass is 391 g/mol. The van der Waals surface area contributed by atoms with Crippen molar-refractivity contribution in [1.29, 1.82) is 0 Å². The Labute approximate surface area is 162 Å². The average Bonchev–Trinajstić information content (AvgIpc) is 3.11. The Kier molecular flexibility index (Phi) is 5.98. The first-order valence-electron chi connectivity index (χ1n) is 8.78. The number of likely N-dealkylation sites (tertiary alicyclic amines) is 1. The van der Waals surface area contributed by atoms with Crippen molar-refractivity contribution in [1.82, 2.24) is 14.7 Å². The fourth-order valence-electron chi connectivity index (χ4n) is 3.13. The molecule has 0 saturated carbocycles. The molecule has 0 aliphatic carbocycles. The number of hydrogen-bond acceptors (Lipinski definition) is 4. The Morgan fingerprint density at radius 1 is 1.22 bits per heavy atom. The summed E-state index contributed by atoms with van der Waals surface area (Å²) in [5.41, 5.74) is 0.521. The van der Waals surface area contributed by atoms with E-state index in [0.29, 0.717) is 42.5 Å². The summed E-state index contributed by atoms with van der Waals surface area (Å²) in [6.45, 7) is 2.56. The van der Waals surface area contributed by atoms with Crippen LogP contribution in [0.15, 0.2) is 36.5 Å². The molecule has 1 aromatic heterocycles. The van der Waals surface area contributed by atoms with Crippen LogP contribution in [0.3, 0.4) is 0 Å². The summed E-state index contributed by atoms with van der Waals surface area (Å²) in [7, 11) is 0. The van der Waals surface area contributed by atoms with Crippen molar-refractivity contribution in [2.24, 2.45) is 0 Å². The highest BCUT2D eigenvalue weighted by Crippen LogP contribution is 2.26. The van der Waals surface area contributed by atoms with Gasteiger partial charge >= 0.3 is 6.03 Å². The molecule has 144 valence electrons. The third kappa shape index (κ3) is 4.58. The van der Waals surface area contributed by atoms with Gasteiger partial charge < -0.3 is 15.3 Å². The Balaban J connectivity index is 1.61. The van der Waals surface area contributed by atoms with Gasteiger partial charge in [0.1, 0.15) is 11.9 Å². The zero-order valence-electron chi connectivity index (χ0n) is 14.9. The van der Waals surface area contributed by atoms with Crippen LogP contribution in [0.25, 0.3) is 0 Å². The largest absolute Gasteiger partial charge is 0.384 e. The number of aliphatic hydroxyl groups excluding tert-OH is 1. The summed E-state index contributed by atoms with van der Waals surface area (Å²) in [6.07, 6.45) is 2.03. The molecular formula is C18H22ClN5O3. The Bertz CT molecular complexity index is 815. The number of piperidine rings is 1. The molecule has 27 heavy (non-hydrogen) atoms. The van der Waals surface area contributed by atoms with Gasteiger partial charge in [-0.15, -0.1) is 0 Å². The number of anilines is 2. The third-order valence-electron chi connectivity index (χ3n) is 4.51. The van der Waals surface area contributed by atoms with Crippen molar-refractivity contribution >= 4 is 35.0 Å². The zero-order valence-corrected chi connectivity index (χ0v) is 15.7. The van der Waals surface area contributed by atoms with Crippen molar-refractivity contribution in [3.05, 3.63) is 41.6 Å². The summed E-state index contributed by atoms with van der Waals surface area (Å²) < 4.78 is 1.76. The lowest BCUT2D eigenvalue weighted by Crippen LogP contribution is -2.43. The van der Waals surface area contributed by atoms with Crippen molar-refractivity contribution in [2.75, 3.05) is 23.7 Å². The van der Waals surface area contributed by atoms with E-state index in [1.165, 1.54) is 6.92 Å². The molecule has 1 saturated heterocycles. The van der Waals surface area contributed by atoms with Crippen LogP contribution in [0.4, 0.5) is 16.3 Å². The molecule has 3 amide bonds. The van der Waals surface area contributed by atoms with Crippen LogP contribution >= 0.6 is 11.6 Å². The lowest BCUT2D eigenvalue weighted by atomic mass is 10.0. The highest BCUT2D eigenvalue weighted by molar-refractivity contribution is 6.33. The van der Waals surface area contributed by atoms with Gasteiger partial charge in [0.05, 0.1) is 22.9 Å². The number of rotatable bonds is 4. The minimum Gasteiger partial charge on any atom is -0.384 e. The minimum atomic E-state index is -0.989. The van der Waals surface area contributed by atoms with Crippen LogP contribution in [0, 0.1) is 0 Å². The molecule has 1 fully saturated rings. The molecule has 2 heterocycles. The summed E-state index contributed by atoms with van der Waals surface area (Å²) in [5.74, 6) is 0.311. The second-order valence-electron chi connectivity index (χ2n) is 6.45. The van der Waals surface area contributed by atoms with Crippen LogP contribution in [-0.4, -0.2) is 50.9 Å². The molecule has 0 radical (unpaired) electrons. The maximum atomic E-state index is 12.3. The van der Waals surface area contributed by atoms with Gasteiger partial charge in [0.25, 0.3) is 5.91 Å². The van der Waals surface area contributed by atoms with Crippen molar-refractivity contribution < 1.29 is 14.7 Å². The van der Waals surface area contributed by atoms with E-state index in [1.807, 2.05) is 0 Å². The first-order chi connectivity index (χ1) is 13.0. The first kappa shape index (κ1) is 19.2. The van der Waals surface area contributed by atoms with Crippen LogP contribution in [-0.2, 0) is 4.79 Å². The fourth-order valence-corrected chi connectivity index (χ4v) is 3.31. The quantitative estimate of drug-likeness (QED) is 0.746. The van der Waals surface area contributed by atoms with Gasteiger partial charge in [-0.05, 0) is 31.9 Å². The van der Waals surface area contributed by atoms with Gasteiger partial charge in [0.15, 0.2) is 0 Å². The number of urea groups is 1. The topological polar surface area (TPSA) is 99.5 Å². The van der Waals surface area contributed by atoms with Gasteiger partial charge in [-0.25, -0.2) is 9.48 Å². The summed E-state index contributed by atoms with van der Waals surface area (Å²) >= 11 is 6.05. The molecule has 0 spiro atoms. The molecule has 1 aliphatic rings. The number of aromatic nitrogens is 2. The smallest absolute Gasteiger partial charge is 0.324 e. The number of hydrogen-bond donors (Lipinski definition) is 3. The maximum absolute atomic E-state index is 12.3. The molecule has 9 heteroatoms. The normalized spacial score (nSPS) is 16.0. The van der Waals surface area contributed by atoms with Crippen LogP contribution < -0.4 is 10.6 Å². The van der Waals surface area contributed by atoms with E-state index < -0.39 is 12.1 Å². The van der Waals surface area contributed by atoms with E-state index in [0.717, 1.165) is 0 Å². The van der Waals surface area contributed by atoms with Gasteiger partial charge in [-0.1, -0.05) is 23.7 Å². The number of carbonyl (C=O) groups is 2. The Morgan fingerprint density at radius 3 is 2.59 bits per heavy atom. The predicted molar refractivity (Wildman–Crippen MR) is 103 cm³/mol. The van der Waals surface area contributed by atoms with Crippen LogP contribution in [0.5, 0.6) is 0 Å². The van der Waals surface area contributed by atoms with Crippen LogP contribution in [0.2, 0.25) is 5.02 Å². The number of nitrogens with zero attached hydrogens (tertiary/aromatic N) is 3. The van der Waals surface area contributed by atoms with Crippen LogP contribution in [0.1, 0.15) is 25.8 Å². The number of nitrogens with one attached hydrogen (secondary N) is 2. The molecule has 0 bridgehead atoms.